The van der Waals surface area contributed by atoms with Crippen molar-refractivity contribution in [3.63, 3.8) is 0 Å². The second-order valence-corrected chi connectivity index (χ2v) is 3.61. The molecule has 0 atom stereocenters. The van der Waals surface area contributed by atoms with Gasteiger partial charge in [-0.15, -0.1) is 0 Å². The first kappa shape index (κ1) is 12.8. The number of rotatable bonds is 9. The van der Waals surface area contributed by atoms with Gasteiger partial charge in [0.15, 0.2) is 0 Å². The van der Waals surface area contributed by atoms with Crippen molar-refractivity contribution in [2.75, 3.05) is 13.2 Å². The highest BCUT2D eigenvalue weighted by Crippen LogP contribution is 1.99. The summed E-state index contributed by atoms with van der Waals surface area (Å²) in [6, 6.07) is 2.06. The Morgan fingerprint density at radius 3 is 3.25 bits per heavy atom. The quantitative estimate of drug-likeness (QED) is 0.513. The highest BCUT2D eigenvalue weighted by atomic mass is 16.5. The molecule has 1 rings (SSSR count). The molecule has 0 radical (unpaired) electrons. The molecule has 4 nitrogen and oxygen atoms in total. The normalized spacial score (nSPS) is 10.3. The molecule has 0 aliphatic heterocycles. The van der Waals surface area contributed by atoms with Crippen LogP contribution >= 0.6 is 0 Å². The lowest BCUT2D eigenvalue weighted by Gasteiger charge is -2.07. The van der Waals surface area contributed by atoms with Gasteiger partial charge in [0.2, 0.25) is 0 Å². The van der Waals surface area contributed by atoms with Gasteiger partial charge in [0, 0.05) is 19.3 Å². The van der Waals surface area contributed by atoms with E-state index in [1.807, 2.05) is 10.9 Å². The van der Waals surface area contributed by atoms with E-state index in [0.717, 1.165) is 39.1 Å². The number of nitrogens with zero attached hydrogens (tertiary/aromatic N) is 2. The molecule has 0 aromatic carbocycles. The molecule has 0 fully saturated rings. The van der Waals surface area contributed by atoms with Crippen LogP contribution in [0.25, 0.3) is 0 Å². The first-order chi connectivity index (χ1) is 7.88. The zero-order valence-corrected chi connectivity index (χ0v) is 9.98. The molecule has 0 bridgehead atoms. The third kappa shape index (κ3) is 4.49. The van der Waals surface area contributed by atoms with Crippen molar-refractivity contribution >= 4 is 0 Å². The number of aromatic nitrogens is 2. The van der Waals surface area contributed by atoms with Gasteiger partial charge in [0.05, 0.1) is 18.6 Å². The van der Waals surface area contributed by atoms with Gasteiger partial charge >= 0.3 is 0 Å². The predicted octanol–water partition coefficient (Wildman–Crippen LogP) is 1.93. The van der Waals surface area contributed by atoms with E-state index in [9.17, 15) is 0 Å². The standard InChI is InChI=1S/C12H21N3O/c1-3-9-15-12(6-8-14-15)11-13-7-5-10-16-4-2/h4,6,8,13H,2-3,5,7,9-11H2,1H3. The molecule has 1 N–H and O–H groups in total. The Morgan fingerprint density at radius 1 is 1.62 bits per heavy atom. The van der Waals surface area contributed by atoms with Crippen LogP contribution in [0.5, 0.6) is 0 Å². The fourth-order valence-electron chi connectivity index (χ4n) is 1.50. The monoisotopic (exact) mass is 223 g/mol. The van der Waals surface area contributed by atoms with E-state index in [-0.39, 0.29) is 0 Å². The SMILES string of the molecule is C=COCCCNCc1ccnn1CCC. The molecular formula is C12H21N3O. The van der Waals surface area contributed by atoms with Crippen LogP contribution < -0.4 is 5.32 Å². The summed E-state index contributed by atoms with van der Waals surface area (Å²) in [5.74, 6) is 0. The number of aryl methyl sites for hydroxylation is 1. The van der Waals surface area contributed by atoms with Crippen molar-refractivity contribution in [1.29, 1.82) is 0 Å². The average molecular weight is 223 g/mol. The van der Waals surface area contributed by atoms with Crippen LogP contribution in [-0.4, -0.2) is 22.9 Å². The molecule has 0 amide bonds. The van der Waals surface area contributed by atoms with Crippen LogP contribution in [0.3, 0.4) is 0 Å². The Bertz CT molecular complexity index is 296. The number of nitrogens with one attached hydrogen (secondary N) is 1. The van der Waals surface area contributed by atoms with Crippen molar-refractivity contribution in [2.45, 2.75) is 32.9 Å². The minimum absolute atomic E-state index is 0.727. The molecule has 1 aromatic heterocycles. The van der Waals surface area contributed by atoms with Gasteiger partial charge in [-0.1, -0.05) is 13.5 Å². The maximum Gasteiger partial charge on any atom is 0.0885 e. The Balaban J connectivity index is 2.16. The molecule has 90 valence electrons. The van der Waals surface area contributed by atoms with E-state index in [4.69, 9.17) is 4.74 Å². The largest absolute Gasteiger partial charge is 0.502 e. The second kappa shape index (κ2) is 7.93. The van der Waals surface area contributed by atoms with E-state index in [2.05, 4.69) is 30.0 Å². The molecule has 0 saturated carbocycles. The molecule has 1 aromatic rings. The molecule has 0 saturated heterocycles. The first-order valence-corrected chi connectivity index (χ1v) is 5.82. The van der Waals surface area contributed by atoms with E-state index in [1.54, 1.807) is 0 Å². The smallest absolute Gasteiger partial charge is 0.0885 e. The lowest BCUT2D eigenvalue weighted by atomic mass is 10.3. The van der Waals surface area contributed by atoms with Crippen LogP contribution in [0, 0.1) is 0 Å². The minimum Gasteiger partial charge on any atom is -0.502 e. The molecular weight excluding hydrogens is 202 g/mol. The van der Waals surface area contributed by atoms with Crippen molar-refractivity contribution in [1.82, 2.24) is 15.1 Å². The Labute approximate surface area is 97.3 Å². The first-order valence-electron chi connectivity index (χ1n) is 5.82. The third-order valence-corrected chi connectivity index (χ3v) is 2.28. The van der Waals surface area contributed by atoms with E-state index in [1.165, 1.54) is 12.0 Å². The average Bonchev–Trinajstić information content (AvgIpc) is 2.72. The molecule has 0 spiro atoms. The van der Waals surface area contributed by atoms with Crippen LogP contribution in [0.2, 0.25) is 0 Å². The zero-order valence-electron chi connectivity index (χ0n) is 9.98. The molecule has 4 heteroatoms. The lowest BCUT2D eigenvalue weighted by molar-refractivity contribution is 0.244. The lowest BCUT2D eigenvalue weighted by Crippen LogP contribution is -2.18. The van der Waals surface area contributed by atoms with Gasteiger partial charge < -0.3 is 10.1 Å². The zero-order chi connectivity index (χ0) is 11.6. The van der Waals surface area contributed by atoms with E-state index in [0.29, 0.717) is 0 Å². The van der Waals surface area contributed by atoms with Crippen LogP contribution in [0.1, 0.15) is 25.5 Å². The highest BCUT2D eigenvalue weighted by Gasteiger charge is 2.00. The van der Waals surface area contributed by atoms with Crippen molar-refractivity contribution in [3.05, 3.63) is 30.8 Å². The van der Waals surface area contributed by atoms with E-state index < -0.39 is 0 Å². The summed E-state index contributed by atoms with van der Waals surface area (Å²) < 4.78 is 7.09. The van der Waals surface area contributed by atoms with Gasteiger partial charge in [-0.05, 0) is 25.5 Å². The predicted molar refractivity (Wildman–Crippen MR) is 65.0 cm³/mol. The summed E-state index contributed by atoms with van der Waals surface area (Å²) in [5.41, 5.74) is 1.24. The third-order valence-electron chi connectivity index (χ3n) is 2.28. The second-order valence-electron chi connectivity index (χ2n) is 3.61. The molecule has 16 heavy (non-hydrogen) atoms. The summed E-state index contributed by atoms with van der Waals surface area (Å²) in [4.78, 5) is 0. The summed E-state index contributed by atoms with van der Waals surface area (Å²) in [6.45, 7) is 9.19. The fourth-order valence-corrected chi connectivity index (χ4v) is 1.50. The van der Waals surface area contributed by atoms with Gasteiger partial charge in [-0.2, -0.15) is 5.10 Å². The summed E-state index contributed by atoms with van der Waals surface area (Å²) in [6.07, 6.45) is 5.44. The van der Waals surface area contributed by atoms with Gasteiger partial charge in [0.1, 0.15) is 0 Å². The number of hydrogen-bond acceptors (Lipinski definition) is 3. The highest BCUT2D eigenvalue weighted by molar-refractivity contribution is 4.99. The minimum atomic E-state index is 0.727. The summed E-state index contributed by atoms with van der Waals surface area (Å²) >= 11 is 0. The Morgan fingerprint density at radius 2 is 2.50 bits per heavy atom. The van der Waals surface area contributed by atoms with Crippen molar-refractivity contribution < 1.29 is 4.74 Å². The maximum absolute atomic E-state index is 5.04. The van der Waals surface area contributed by atoms with E-state index >= 15 is 0 Å². The molecule has 0 aliphatic carbocycles. The fraction of sp³-hybridized carbons (Fsp3) is 0.583. The van der Waals surface area contributed by atoms with Gasteiger partial charge in [0.25, 0.3) is 0 Å². The Hall–Kier alpha value is -1.29. The van der Waals surface area contributed by atoms with Crippen molar-refractivity contribution in [2.24, 2.45) is 0 Å². The van der Waals surface area contributed by atoms with Crippen LogP contribution in [0.4, 0.5) is 0 Å². The van der Waals surface area contributed by atoms with Crippen LogP contribution in [0.15, 0.2) is 25.1 Å². The van der Waals surface area contributed by atoms with Crippen LogP contribution in [-0.2, 0) is 17.8 Å². The van der Waals surface area contributed by atoms with Gasteiger partial charge in [-0.25, -0.2) is 0 Å². The number of ether oxygens (including phenoxy) is 1. The maximum atomic E-state index is 5.04. The number of hydrogen-bond donors (Lipinski definition) is 1. The molecule has 1 heterocycles. The van der Waals surface area contributed by atoms with Crippen molar-refractivity contribution in [3.8, 4) is 0 Å². The molecule has 0 unspecified atom stereocenters. The topological polar surface area (TPSA) is 39.1 Å². The Kier molecular flexibility index (Phi) is 6.33. The van der Waals surface area contributed by atoms with Gasteiger partial charge in [-0.3, -0.25) is 4.68 Å². The summed E-state index contributed by atoms with van der Waals surface area (Å²) in [7, 11) is 0. The molecule has 0 aliphatic rings. The summed E-state index contributed by atoms with van der Waals surface area (Å²) in [5, 5.41) is 7.64.